The summed E-state index contributed by atoms with van der Waals surface area (Å²) >= 11 is 2.76. The van der Waals surface area contributed by atoms with Crippen molar-refractivity contribution in [2.24, 2.45) is 0 Å². The maximum absolute atomic E-state index is 13.5. The molecule has 0 saturated carbocycles. The number of amides is 3. The number of aryl methyl sites for hydroxylation is 1. The lowest BCUT2D eigenvalue weighted by molar-refractivity contribution is -0.115. The number of anilines is 2. The summed E-state index contributed by atoms with van der Waals surface area (Å²) in [6.45, 7) is 3.86. The van der Waals surface area contributed by atoms with Gasteiger partial charge in [-0.15, -0.1) is 23.1 Å². The number of aromatic nitrogens is 1. The van der Waals surface area contributed by atoms with Crippen LogP contribution in [0.4, 0.5) is 10.8 Å². The average molecular weight is 679 g/mol. The number of methoxy groups -OCH3 is 2. The smallest absolute Gasteiger partial charge is 0.272 e. The fourth-order valence-corrected chi connectivity index (χ4v) is 6.09. The van der Waals surface area contributed by atoms with Gasteiger partial charge in [0.2, 0.25) is 5.91 Å². The van der Waals surface area contributed by atoms with Gasteiger partial charge in [0.05, 0.1) is 25.2 Å². The summed E-state index contributed by atoms with van der Waals surface area (Å²) in [4.78, 5) is 44.9. The molecule has 11 heteroatoms. The van der Waals surface area contributed by atoms with Crippen molar-refractivity contribution in [1.29, 1.82) is 0 Å². The van der Waals surface area contributed by atoms with Crippen LogP contribution in [0.15, 0.2) is 113 Å². The van der Waals surface area contributed by atoms with Crippen molar-refractivity contribution in [2.45, 2.75) is 24.0 Å². The highest BCUT2D eigenvalue weighted by Gasteiger charge is 2.19. The summed E-state index contributed by atoms with van der Waals surface area (Å²) in [5.74, 6) is -0.0790. The number of ether oxygens (including phenoxy) is 2. The molecule has 244 valence electrons. The lowest BCUT2D eigenvalue weighted by atomic mass is 10.1. The zero-order valence-corrected chi connectivity index (χ0v) is 28.4. The average Bonchev–Trinajstić information content (AvgIpc) is 3.57. The molecule has 4 aromatic carbocycles. The van der Waals surface area contributed by atoms with Gasteiger partial charge in [-0.05, 0) is 68.5 Å². The monoisotopic (exact) mass is 678 g/mol. The molecule has 48 heavy (non-hydrogen) atoms. The topological polar surface area (TPSA) is 119 Å². The fraction of sp³-hybridized carbons (Fsp3) is 0.135. The van der Waals surface area contributed by atoms with Gasteiger partial charge in [0.15, 0.2) is 5.13 Å². The van der Waals surface area contributed by atoms with Gasteiger partial charge in [0, 0.05) is 38.7 Å². The first-order valence-electron chi connectivity index (χ1n) is 14.9. The van der Waals surface area contributed by atoms with Gasteiger partial charge in [0.1, 0.15) is 17.2 Å². The summed E-state index contributed by atoms with van der Waals surface area (Å²) in [6, 6.07) is 29.0. The third-order valence-corrected chi connectivity index (χ3v) is 9.01. The Labute approximate surface area is 287 Å². The molecule has 1 atom stereocenters. The number of thioether (sulfide) groups is 1. The molecule has 0 bridgehead atoms. The molecule has 0 aliphatic carbocycles. The number of carbonyl (C=O) groups is 3. The second-order valence-electron chi connectivity index (χ2n) is 10.6. The quantitative estimate of drug-likeness (QED) is 0.0916. The van der Waals surface area contributed by atoms with Crippen molar-refractivity contribution in [1.82, 2.24) is 10.3 Å². The minimum atomic E-state index is -0.529. The van der Waals surface area contributed by atoms with E-state index in [-0.39, 0.29) is 11.6 Å². The molecule has 0 spiro atoms. The molecule has 0 saturated heterocycles. The molecule has 3 amide bonds. The number of rotatable bonds is 12. The van der Waals surface area contributed by atoms with E-state index in [1.165, 1.54) is 35.8 Å². The van der Waals surface area contributed by atoms with Gasteiger partial charge in [-0.3, -0.25) is 14.4 Å². The highest BCUT2D eigenvalue weighted by molar-refractivity contribution is 8.00. The third kappa shape index (κ3) is 8.90. The Morgan fingerprint density at radius 3 is 2.29 bits per heavy atom. The number of hydrogen-bond donors (Lipinski definition) is 3. The molecule has 3 N–H and O–H groups in total. The van der Waals surface area contributed by atoms with Crippen molar-refractivity contribution in [2.75, 3.05) is 24.9 Å². The van der Waals surface area contributed by atoms with Gasteiger partial charge >= 0.3 is 0 Å². The largest absolute Gasteiger partial charge is 0.497 e. The Balaban J connectivity index is 1.24. The minimum absolute atomic E-state index is 0.0174. The zero-order valence-electron chi connectivity index (χ0n) is 26.8. The van der Waals surface area contributed by atoms with Crippen molar-refractivity contribution in [3.05, 3.63) is 125 Å². The molecule has 9 nitrogen and oxygen atoms in total. The molecule has 1 aromatic heterocycles. The van der Waals surface area contributed by atoms with Crippen molar-refractivity contribution in [3.63, 3.8) is 0 Å². The van der Waals surface area contributed by atoms with Gasteiger partial charge in [0.25, 0.3) is 11.8 Å². The first kappa shape index (κ1) is 34.0. The van der Waals surface area contributed by atoms with E-state index in [2.05, 4.69) is 20.9 Å². The standard InChI is InChI=1S/C37H34N4O5S2/c1-23-10-12-25(13-11-23)32-22-47-37(40-32)41-34(42)24(2)48-30-18-15-28(16-19-30)38-36(44)31(39-35(43)26-8-6-5-7-9-26)20-27-14-17-29(45-3)21-33(27)46-4/h5-22,24H,1-4H3,(H,38,44)(H,39,43)(H,40,41,42)/b31-20-. The molecule has 5 aromatic rings. The Morgan fingerprint density at radius 2 is 1.60 bits per heavy atom. The van der Waals surface area contributed by atoms with Crippen molar-refractivity contribution in [3.8, 4) is 22.8 Å². The lowest BCUT2D eigenvalue weighted by Crippen LogP contribution is -2.30. The lowest BCUT2D eigenvalue weighted by Gasteiger charge is -2.14. The van der Waals surface area contributed by atoms with Crippen molar-refractivity contribution >= 4 is 57.7 Å². The van der Waals surface area contributed by atoms with E-state index in [1.54, 1.807) is 73.8 Å². The van der Waals surface area contributed by atoms with E-state index in [1.807, 2.05) is 55.6 Å². The van der Waals surface area contributed by atoms with Gasteiger partial charge in [-0.2, -0.15) is 0 Å². The first-order chi connectivity index (χ1) is 23.2. The Kier molecular flexibility index (Phi) is 11.3. The summed E-state index contributed by atoms with van der Waals surface area (Å²) < 4.78 is 10.8. The van der Waals surface area contributed by atoms with Gasteiger partial charge < -0.3 is 25.4 Å². The van der Waals surface area contributed by atoms with E-state index >= 15 is 0 Å². The van der Waals surface area contributed by atoms with Crippen LogP contribution in [0.2, 0.25) is 0 Å². The summed E-state index contributed by atoms with van der Waals surface area (Å²) in [6.07, 6.45) is 1.55. The number of carbonyl (C=O) groups excluding carboxylic acids is 3. The molecule has 0 aliphatic heterocycles. The predicted molar refractivity (Wildman–Crippen MR) is 193 cm³/mol. The summed E-state index contributed by atoms with van der Waals surface area (Å²) in [7, 11) is 3.06. The number of nitrogens with zero attached hydrogens (tertiary/aromatic N) is 1. The van der Waals surface area contributed by atoms with E-state index in [0.29, 0.717) is 33.4 Å². The number of benzene rings is 4. The normalized spacial score (nSPS) is 11.7. The number of nitrogens with one attached hydrogen (secondary N) is 3. The molecular formula is C37H34N4O5S2. The van der Waals surface area contributed by atoms with E-state index in [0.717, 1.165) is 16.2 Å². The SMILES string of the molecule is COc1ccc(/C=C(\NC(=O)c2ccccc2)C(=O)Nc2ccc(SC(C)C(=O)Nc3nc(-c4ccc(C)cc4)cs3)cc2)c(OC)c1. The molecule has 0 radical (unpaired) electrons. The Morgan fingerprint density at radius 1 is 0.875 bits per heavy atom. The minimum Gasteiger partial charge on any atom is -0.497 e. The zero-order chi connectivity index (χ0) is 34.0. The van der Waals surface area contributed by atoms with Gasteiger partial charge in [-0.1, -0.05) is 48.0 Å². The summed E-state index contributed by atoms with van der Waals surface area (Å²) in [5, 5.41) is 10.6. The number of hydrogen-bond acceptors (Lipinski definition) is 8. The van der Waals surface area contributed by atoms with Crippen LogP contribution in [0.1, 0.15) is 28.4 Å². The molecule has 1 heterocycles. The molecule has 5 rings (SSSR count). The van der Waals surface area contributed by atoms with E-state index in [9.17, 15) is 14.4 Å². The second kappa shape index (κ2) is 15.9. The van der Waals surface area contributed by atoms with Crippen LogP contribution in [0.3, 0.4) is 0 Å². The number of thiazole rings is 1. The molecule has 1 unspecified atom stereocenters. The Bertz CT molecular complexity index is 1920. The van der Waals surface area contributed by atoms with Crippen LogP contribution >= 0.6 is 23.1 Å². The highest BCUT2D eigenvalue weighted by atomic mass is 32.2. The van der Waals surface area contributed by atoms with Crippen LogP contribution in [-0.2, 0) is 9.59 Å². The molecule has 0 fully saturated rings. The van der Waals surface area contributed by atoms with Crippen molar-refractivity contribution < 1.29 is 23.9 Å². The molecular weight excluding hydrogens is 645 g/mol. The maximum atomic E-state index is 13.5. The van der Waals surface area contributed by atoms with Crippen LogP contribution in [0.25, 0.3) is 17.3 Å². The van der Waals surface area contributed by atoms with Crippen LogP contribution in [0.5, 0.6) is 11.5 Å². The van der Waals surface area contributed by atoms with Crippen LogP contribution < -0.4 is 25.4 Å². The van der Waals surface area contributed by atoms with Crippen LogP contribution in [-0.4, -0.2) is 42.2 Å². The summed E-state index contributed by atoms with van der Waals surface area (Å²) in [5.41, 5.74) is 4.48. The Hall–Kier alpha value is -5.39. The highest BCUT2D eigenvalue weighted by Crippen LogP contribution is 2.29. The predicted octanol–water partition coefficient (Wildman–Crippen LogP) is 7.66. The third-order valence-electron chi connectivity index (χ3n) is 7.15. The maximum Gasteiger partial charge on any atom is 0.272 e. The fourth-order valence-electron chi connectivity index (χ4n) is 4.50. The van der Waals surface area contributed by atoms with Crippen LogP contribution in [0, 0.1) is 6.92 Å². The molecule has 0 aliphatic rings. The first-order valence-corrected chi connectivity index (χ1v) is 16.7. The second-order valence-corrected chi connectivity index (χ2v) is 12.9. The van der Waals surface area contributed by atoms with Gasteiger partial charge in [-0.25, -0.2) is 4.98 Å². The van der Waals surface area contributed by atoms with E-state index in [4.69, 9.17) is 9.47 Å². The van der Waals surface area contributed by atoms with E-state index < -0.39 is 17.1 Å².